The lowest BCUT2D eigenvalue weighted by molar-refractivity contribution is 0.163. The summed E-state index contributed by atoms with van der Waals surface area (Å²) in [5.41, 5.74) is 2.15. The van der Waals surface area contributed by atoms with Crippen molar-refractivity contribution in [2.45, 2.75) is 25.8 Å². The molecule has 19 heavy (non-hydrogen) atoms. The molecule has 104 valence electrons. The van der Waals surface area contributed by atoms with Crippen LogP contribution in [0.1, 0.15) is 30.0 Å². The van der Waals surface area contributed by atoms with Crippen LogP contribution in [0.3, 0.4) is 0 Å². The van der Waals surface area contributed by atoms with Crippen LogP contribution in [0.2, 0.25) is 0 Å². The van der Waals surface area contributed by atoms with Gasteiger partial charge in [0.05, 0.1) is 0 Å². The number of aryl methyl sites for hydroxylation is 1. The number of phenolic OH excluding ortho intramolecular Hbond substituents is 1. The first-order chi connectivity index (χ1) is 9.22. The molecule has 0 radical (unpaired) electrons. The molecule has 1 heterocycles. The summed E-state index contributed by atoms with van der Waals surface area (Å²) in [6.45, 7) is 9.95. The van der Waals surface area contributed by atoms with Crippen LogP contribution in [-0.2, 0) is 0 Å². The van der Waals surface area contributed by atoms with Gasteiger partial charge in [-0.2, -0.15) is 0 Å². The Labute approximate surface area is 115 Å². The Hall–Kier alpha value is -1.32. The van der Waals surface area contributed by atoms with Gasteiger partial charge in [-0.15, -0.1) is 6.58 Å². The van der Waals surface area contributed by atoms with Gasteiger partial charge in [0.2, 0.25) is 0 Å². The monoisotopic (exact) mass is 260 g/mol. The van der Waals surface area contributed by atoms with Crippen molar-refractivity contribution in [2.24, 2.45) is 0 Å². The number of allylic oxidation sites excluding steroid dienone is 1. The van der Waals surface area contributed by atoms with Crippen LogP contribution < -0.4 is 5.32 Å². The van der Waals surface area contributed by atoms with E-state index in [0.29, 0.717) is 11.8 Å². The zero-order valence-corrected chi connectivity index (χ0v) is 11.7. The number of aromatic hydroxyl groups is 1. The lowest BCUT2D eigenvalue weighted by atomic mass is 9.97. The molecule has 1 saturated heterocycles. The van der Waals surface area contributed by atoms with Crippen LogP contribution in [0, 0.1) is 6.92 Å². The molecule has 1 aliphatic rings. The summed E-state index contributed by atoms with van der Waals surface area (Å²) in [5.74, 6) is 0.424. The number of hydrogen-bond donors (Lipinski definition) is 2. The molecule has 0 amide bonds. The zero-order chi connectivity index (χ0) is 13.7. The number of benzene rings is 1. The highest BCUT2D eigenvalue weighted by Crippen LogP contribution is 2.33. The van der Waals surface area contributed by atoms with Crippen molar-refractivity contribution in [3.63, 3.8) is 0 Å². The van der Waals surface area contributed by atoms with E-state index in [0.717, 1.165) is 50.1 Å². The molecule has 1 atom stereocenters. The minimum absolute atomic E-state index is 0.292. The molecule has 3 heteroatoms. The number of phenols is 1. The molecular formula is C16H24N2O. The van der Waals surface area contributed by atoms with Crippen LogP contribution in [0.15, 0.2) is 30.9 Å². The third-order valence-electron chi connectivity index (χ3n) is 3.78. The predicted octanol–water partition coefficient (Wildman–Crippen LogP) is 2.61. The van der Waals surface area contributed by atoms with Gasteiger partial charge in [0.1, 0.15) is 5.75 Å². The molecule has 2 N–H and O–H groups in total. The Kier molecular flexibility index (Phi) is 5.00. The largest absolute Gasteiger partial charge is 0.508 e. The fourth-order valence-electron chi connectivity index (χ4n) is 2.74. The normalized spacial score (nSPS) is 18.2. The van der Waals surface area contributed by atoms with Gasteiger partial charge < -0.3 is 10.4 Å². The van der Waals surface area contributed by atoms with E-state index < -0.39 is 0 Å². The van der Waals surface area contributed by atoms with Crippen molar-refractivity contribution in [3.05, 3.63) is 42.0 Å². The van der Waals surface area contributed by atoms with Crippen molar-refractivity contribution in [1.82, 2.24) is 10.2 Å². The van der Waals surface area contributed by atoms with Gasteiger partial charge in [0, 0.05) is 37.8 Å². The van der Waals surface area contributed by atoms with Gasteiger partial charge in [-0.25, -0.2) is 0 Å². The van der Waals surface area contributed by atoms with Crippen molar-refractivity contribution in [3.8, 4) is 5.75 Å². The van der Waals surface area contributed by atoms with E-state index >= 15 is 0 Å². The van der Waals surface area contributed by atoms with Gasteiger partial charge in [0.15, 0.2) is 0 Å². The van der Waals surface area contributed by atoms with Gasteiger partial charge in [-0.1, -0.05) is 18.2 Å². The topological polar surface area (TPSA) is 35.5 Å². The van der Waals surface area contributed by atoms with E-state index in [1.165, 1.54) is 0 Å². The fourth-order valence-corrected chi connectivity index (χ4v) is 2.74. The van der Waals surface area contributed by atoms with Crippen LogP contribution >= 0.6 is 0 Å². The molecule has 0 unspecified atom stereocenters. The molecule has 1 aromatic rings. The lowest BCUT2D eigenvalue weighted by Crippen LogP contribution is -2.45. The highest BCUT2D eigenvalue weighted by atomic mass is 16.3. The summed E-state index contributed by atoms with van der Waals surface area (Å²) in [6.07, 6.45) is 3.95. The van der Waals surface area contributed by atoms with E-state index in [9.17, 15) is 5.11 Å². The third-order valence-corrected chi connectivity index (χ3v) is 3.78. The molecule has 0 saturated carbocycles. The van der Waals surface area contributed by atoms with Crippen molar-refractivity contribution in [1.29, 1.82) is 0 Å². The van der Waals surface area contributed by atoms with Crippen LogP contribution in [0.4, 0.5) is 0 Å². The molecular weight excluding hydrogens is 236 g/mol. The minimum atomic E-state index is 0.292. The Morgan fingerprint density at radius 2 is 2.16 bits per heavy atom. The standard InChI is InChI=1S/C16H24N2O/c1-3-4-5-15(18-10-8-17-9-11-18)14-7-6-13(2)12-16(14)19/h3,6-7,12,15,17,19H,1,4-5,8-11H2,2H3/t15-/m0/s1. The summed E-state index contributed by atoms with van der Waals surface area (Å²) >= 11 is 0. The number of hydrogen-bond acceptors (Lipinski definition) is 3. The summed E-state index contributed by atoms with van der Waals surface area (Å²) in [6, 6.07) is 6.30. The smallest absolute Gasteiger partial charge is 0.120 e. The Morgan fingerprint density at radius 1 is 1.42 bits per heavy atom. The predicted molar refractivity (Wildman–Crippen MR) is 79.5 cm³/mol. The molecule has 3 nitrogen and oxygen atoms in total. The number of rotatable bonds is 5. The first kappa shape index (κ1) is 14.1. The number of piperazine rings is 1. The summed E-state index contributed by atoms with van der Waals surface area (Å²) in [4.78, 5) is 2.46. The molecule has 1 aromatic carbocycles. The van der Waals surface area contributed by atoms with Crippen molar-refractivity contribution >= 4 is 0 Å². The first-order valence-electron chi connectivity index (χ1n) is 7.07. The maximum atomic E-state index is 10.2. The van der Waals surface area contributed by atoms with E-state index in [2.05, 4.69) is 28.9 Å². The van der Waals surface area contributed by atoms with Crippen LogP contribution in [0.5, 0.6) is 5.75 Å². The summed E-state index contributed by atoms with van der Waals surface area (Å²) < 4.78 is 0. The molecule has 0 aliphatic carbocycles. The Bertz CT molecular complexity index is 425. The van der Waals surface area contributed by atoms with Crippen molar-refractivity contribution < 1.29 is 5.11 Å². The van der Waals surface area contributed by atoms with Gasteiger partial charge in [-0.3, -0.25) is 4.90 Å². The molecule has 1 fully saturated rings. The second-order valence-corrected chi connectivity index (χ2v) is 5.23. The van der Waals surface area contributed by atoms with Gasteiger partial charge in [-0.05, 0) is 31.4 Å². The second kappa shape index (κ2) is 6.73. The SMILES string of the molecule is C=CCC[C@@H](c1ccc(C)cc1O)N1CCNCC1. The molecule has 0 spiro atoms. The highest BCUT2D eigenvalue weighted by molar-refractivity contribution is 5.38. The number of nitrogens with one attached hydrogen (secondary N) is 1. The quantitative estimate of drug-likeness (QED) is 0.799. The second-order valence-electron chi connectivity index (χ2n) is 5.23. The fraction of sp³-hybridized carbons (Fsp3) is 0.500. The highest BCUT2D eigenvalue weighted by Gasteiger charge is 2.23. The third kappa shape index (κ3) is 3.58. The maximum absolute atomic E-state index is 10.2. The average Bonchev–Trinajstić information content (AvgIpc) is 2.42. The van der Waals surface area contributed by atoms with E-state index in [1.54, 1.807) is 0 Å². The average molecular weight is 260 g/mol. The summed E-state index contributed by atoms with van der Waals surface area (Å²) in [5, 5.41) is 13.6. The van der Waals surface area contributed by atoms with Gasteiger partial charge >= 0.3 is 0 Å². The lowest BCUT2D eigenvalue weighted by Gasteiger charge is -2.35. The summed E-state index contributed by atoms with van der Waals surface area (Å²) in [7, 11) is 0. The van der Waals surface area contributed by atoms with E-state index in [4.69, 9.17) is 0 Å². The Morgan fingerprint density at radius 3 is 2.79 bits per heavy atom. The van der Waals surface area contributed by atoms with Crippen LogP contribution in [0.25, 0.3) is 0 Å². The van der Waals surface area contributed by atoms with Gasteiger partial charge in [0.25, 0.3) is 0 Å². The molecule has 0 bridgehead atoms. The maximum Gasteiger partial charge on any atom is 0.120 e. The number of nitrogens with zero attached hydrogens (tertiary/aromatic N) is 1. The minimum Gasteiger partial charge on any atom is -0.508 e. The van der Waals surface area contributed by atoms with Crippen LogP contribution in [-0.4, -0.2) is 36.2 Å². The van der Waals surface area contributed by atoms with E-state index in [-0.39, 0.29) is 0 Å². The Balaban J connectivity index is 2.22. The van der Waals surface area contributed by atoms with E-state index in [1.807, 2.05) is 19.1 Å². The molecule has 0 aromatic heterocycles. The van der Waals surface area contributed by atoms with Crippen molar-refractivity contribution in [2.75, 3.05) is 26.2 Å². The molecule has 1 aliphatic heterocycles. The molecule has 2 rings (SSSR count). The first-order valence-corrected chi connectivity index (χ1v) is 7.07. The zero-order valence-electron chi connectivity index (χ0n) is 11.7.